The highest BCUT2D eigenvalue weighted by atomic mass is 35.5. The fourth-order valence-corrected chi connectivity index (χ4v) is 1.84. The normalized spacial score (nSPS) is 10.3. The fourth-order valence-electron chi connectivity index (χ4n) is 1.55. The molecule has 1 aromatic heterocycles. The van der Waals surface area contributed by atoms with Crippen molar-refractivity contribution in [3.05, 3.63) is 35.0 Å². The van der Waals surface area contributed by atoms with E-state index in [4.69, 9.17) is 22.1 Å². The third kappa shape index (κ3) is 2.31. The maximum atomic E-state index is 6.20. The van der Waals surface area contributed by atoms with Gasteiger partial charge < -0.3 is 10.5 Å². The fraction of sp³-hybridized carbons (Fsp3) is 0.167. The minimum atomic E-state index is 0.423. The van der Waals surface area contributed by atoms with E-state index in [1.54, 1.807) is 19.2 Å². The van der Waals surface area contributed by atoms with E-state index in [-0.39, 0.29) is 0 Å². The molecular weight excluding hydrogens is 238 g/mol. The maximum Gasteiger partial charge on any atom is 0.163 e. The highest BCUT2D eigenvalue weighted by Gasteiger charge is 2.11. The standard InChI is InChI=1S/C12H12ClN3O/c1-7-6-10(14)16-12(15-7)8-4-3-5-9(17-2)11(8)13/h3-6H,1-2H3,(H2,14,15,16). The molecule has 0 saturated heterocycles. The van der Waals surface area contributed by atoms with Crippen LogP contribution in [0.1, 0.15) is 5.69 Å². The molecule has 5 heteroatoms. The minimum Gasteiger partial charge on any atom is -0.495 e. The number of methoxy groups -OCH3 is 1. The second-order valence-corrected chi connectivity index (χ2v) is 3.96. The molecule has 0 fully saturated rings. The molecule has 2 N–H and O–H groups in total. The monoisotopic (exact) mass is 249 g/mol. The van der Waals surface area contributed by atoms with Crippen molar-refractivity contribution in [1.29, 1.82) is 0 Å². The molecule has 0 unspecified atom stereocenters. The van der Waals surface area contributed by atoms with E-state index in [2.05, 4.69) is 9.97 Å². The number of aromatic nitrogens is 2. The summed E-state index contributed by atoms with van der Waals surface area (Å²) in [5, 5.41) is 0.486. The van der Waals surface area contributed by atoms with Crippen LogP contribution in [0.4, 0.5) is 5.82 Å². The Morgan fingerprint density at radius 2 is 2.06 bits per heavy atom. The van der Waals surface area contributed by atoms with Crippen molar-refractivity contribution < 1.29 is 4.74 Å². The van der Waals surface area contributed by atoms with E-state index in [0.29, 0.717) is 28.0 Å². The van der Waals surface area contributed by atoms with E-state index in [1.807, 2.05) is 19.1 Å². The van der Waals surface area contributed by atoms with E-state index in [9.17, 15) is 0 Å². The van der Waals surface area contributed by atoms with Crippen LogP contribution in [0.5, 0.6) is 5.75 Å². The third-order valence-corrected chi connectivity index (χ3v) is 2.69. The first-order chi connectivity index (χ1) is 8.11. The number of aryl methyl sites for hydroxylation is 1. The SMILES string of the molecule is COc1cccc(-c2nc(C)cc(N)n2)c1Cl. The summed E-state index contributed by atoms with van der Waals surface area (Å²) in [6.45, 7) is 1.86. The molecule has 0 atom stereocenters. The van der Waals surface area contributed by atoms with Gasteiger partial charge in [0.25, 0.3) is 0 Å². The molecular formula is C12H12ClN3O. The van der Waals surface area contributed by atoms with Crippen LogP contribution in [-0.4, -0.2) is 17.1 Å². The first-order valence-corrected chi connectivity index (χ1v) is 5.43. The average molecular weight is 250 g/mol. The first kappa shape index (κ1) is 11.7. The molecule has 0 spiro atoms. The van der Waals surface area contributed by atoms with Crippen LogP contribution < -0.4 is 10.5 Å². The zero-order valence-electron chi connectivity index (χ0n) is 9.57. The number of hydrogen-bond acceptors (Lipinski definition) is 4. The van der Waals surface area contributed by atoms with Crippen molar-refractivity contribution in [3.8, 4) is 17.1 Å². The molecule has 1 aromatic carbocycles. The second-order valence-electron chi connectivity index (χ2n) is 3.58. The Morgan fingerprint density at radius 3 is 2.71 bits per heavy atom. The summed E-state index contributed by atoms with van der Waals surface area (Å²) in [5.74, 6) is 1.52. The van der Waals surface area contributed by atoms with Gasteiger partial charge in [0.1, 0.15) is 11.6 Å². The van der Waals surface area contributed by atoms with E-state index >= 15 is 0 Å². The van der Waals surface area contributed by atoms with Crippen LogP contribution >= 0.6 is 11.6 Å². The topological polar surface area (TPSA) is 61.0 Å². The van der Waals surface area contributed by atoms with Crippen LogP contribution in [0.25, 0.3) is 11.4 Å². The lowest BCUT2D eigenvalue weighted by atomic mass is 10.2. The Bertz CT molecular complexity index is 537. The average Bonchev–Trinajstić information content (AvgIpc) is 2.28. The Hall–Kier alpha value is -1.81. The van der Waals surface area contributed by atoms with Gasteiger partial charge in [0.2, 0.25) is 0 Å². The van der Waals surface area contributed by atoms with Gasteiger partial charge in [-0.25, -0.2) is 9.97 Å². The zero-order chi connectivity index (χ0) is 12.4. The Kier molecular flexibility index (Phi) is 3.15. The molecule has 0 saturated carbocycles. The Morgan fingerprint density at radius 1 is 1.29 bits per heavy atom. The molecule has 0 bridgehead atoms. The van der Waals surface area contributed by atoms with Gasteiger partial charge in [-0.05, 0) is 19.1 Å². The van der Waals surface area contributed by atoms with Gasteiger partial charge in [0.15, 0.2) is 5.82 Å². The molecule has 2 rings (SSSR count). The van der Waals surface area contributed by atoms with Crippen molar-refractivity contribution in [3.63, 3.8) is 0 Å². The second kappa shape index (κ2) is 4.59. The van der Waals surface area contributed by atoms with Gasteiger partial charge in [0, 0.05) is 17.3 Å². The molecule has 88 valence electrons. The number of hydrogen-bond donors (Lipinski definition) is 1. The summed E-state index contributed by atoms with van der Waals surface area (Å²) < 4.78 is 5.15. The summed E-state index contributed by atoms with van der Waals surface area (Å²) >= 11 is 6.20. The molecule has 2 aromatic rings. The van der Waals surface area contributed by atoms with Crippen LogP contribution in [0.15, 0.2) is 24.3 Å². The summed E-state index contributed by atoms with van der Waals surface area (Å²) in [7, 11) is 1.57. The third-order valence-electron chi connectivity index (χ3n) is 2.30. The van der Waals surface area contributed by atoms with Crippen LogP contribution in [0.2, 0.25) is 5.02 Å². The molecule has 0 amide bonds. The quantitative estimate of drug-likeness (QED) is 0.889. The Labute approximate surface area is 104 Å². The number of nitrogens with zero attached hydrogens (tertiary/aromatic N) is 2. The predicted octanol–water partition coefficient (Wildman–Crippen LogP) is 2.70. The molecule has 0 aliphatic rings. The summed E-state index contributed by atoms with van der Waals surface area (Å²) in [4.78, 5) is 8.48. The number of ether oxygens (including phenoxy) is 1. The number of rotatable bonds is 2. The van der Waals surface area contributed by atoms with E-state index in [1.165, 1.54) is 0 Å². The number of nitrogens with two attached hydrogens (primary N) is 1. The Balaban J connectivity index is 2.60. The van der Waals surface area contributed by atoms with Crippen molar-refractivity contribution >= 4 is 17.4 Å². The van der Waals surface area contributed by atoms with Gasteiger partial charge in [-0.15, -0.1) is 0 Å². The number of nitrogen functional groups attached to an aromatic ring is 1. The lowest BCUT2D eigenvalue weighted by Gasteiger charge is -2.08. The number of halogens is 1. The van der Waals surface area contributed by atoms with Gasteiger partial charge >= 0.3 is 0 Å². The van der Waals surface area contributed by atoms with E-state index in [0.717, 1.165) is 5.69 Å². The van der Waals surface area contributed by atoms with Crippen LogP contribution in [0.3, 0.4) is 0 Å². The zero-order valence-corrected chi connectivity index (χ0v) is 10.3. The minimum absolute atomic E-state index is 0.423. The number of anilines is 1. The van der Waals surface area contributed by atoms with Crippen molar-refractivity contribution in [1.82, 2.24) is 9.97 Å². The van der Waals surface area contributed by atoms with Crippen molar-refractivity contribution in [2.75, 3.05) is 12.8 Å². The molecule has 4 nitrogen and oxygen atoms in total. The lowest BCUT2D eigenvalue weighted by Crippen LogP contribution is -1.98. The predicted molar refractivity (Wildman–Crippen MR) is 68.2 cm³/mol. The molecule has 1 heterocycles. The van der Waals surface area contributed by atoms with Gasteiger partial charge in [-0.2, -0.15) is 0 Å². The van der Waals surface area contributed by atoms with E-state index < -0.39 is 0 Å². The maximum absolute atomic E-state index is 6.20. The van der Waals surface area contributed by atoms with Crippen LogP contribution in [-0.2, 0) is 0 Å². The van der Waals surface area contributed by atoms with Gasteiger partial charge in [-0.3, -0.25) is 0 Å². The van der Waals surface area contributed by atoms with Gasteiger partial charge in [-0.1, -0.05) is 17.7 Å². The molecule has 0 aliphatic heterocycles. The van der Waals surface area contributed by atoms with Crippen LogP contribution in [0, 0.1) is 6.92 Å². The highest BCUT2D eigenvalue weighted by Crippen LogP contribution is 2.33. The smallest absolute Gasteiger partial charge is 0.163 e. The lowest BCUT2D eigenvalue weighted by molar-refractivity contribution is 0.415. The molecule has 0 aliphatic carbocycles. The molecule has 0 radical (unpaired) electrons. The largest absolute Gasteiger partial charge is 0.495 e. The summed E-state index contributed by atoms with van der Waals surface area (Å²) in [6.07, 6.45) is 0. The van der Waals surface area contributed by atoms with Crippen molar-refractivity contribution in [2.45, 2.75) is 6.92 Å². The van der Waals surface area contributed by atoms with Gasteiger partial charge in [0.05, 0.1) is 12.1 Å². The summed E-state index contributed by atoms with van der Waals surface area (Å²) in [6, 6.07) is 7.16. The van der Waals surface area contributed by atoms with Crippen molar-refractivity contribution in [2.24, 2.45) is 0 Å². The first-order valence-electron chi connectivity index (χ1n) is 5.06. The molecule has 17 heavy (non-hydrogen) atoms. The highest BCUT2D eigenvalue weighted by molar-refractivity contribution is 6.34. The summed E-state index contributed by atoms with van der Waals surface area (Å²) in [5.41, 5.74) is 7.20. The number of benzene rings is 1.